The molecular formula is C9H10O3S. The maximum absolute atomic E-state index is 10.8. The van der Waals surface area contributed by atoms with Crippen molar-refractivity contribution in [3.63, 3.8) is 0 Å². The van der Waals surface area contributed by atoms with Crippen molar-refractivity contribution < 1.29 is 13.7 Å². The van der Waals surface area contributed by atoms with E-state index >= 15 is 0 Å². The van der Waals surface area contributed by atoms with E-state index in [1.54, 1.807) is 0 Å². The molecule has 13 heavy (non-hydrogen) atoms. The summed E-state index contributed by atoms with van der Waals surface area (Å²) in [4.78, 5) is 10.8. The normalized spacial score (nSPS) is 8.08. The maximum Gasteiger partial charge on any atom is 0.309 e. The molecule has 0 heterocycles. The Morgan fingerprint density at radius 2 is 1.85 bits per heavy atom. The lowest BCUT2D eigenvalue weighted by Crippen LogP contribution is -2.03. The third-order valence-corrected chi connectivity index (χ3v) is 1.42. The van der Waals surface area contributed by atoms with Gasteiger partial charge in [-0.2, -0.15) is 4.21 Å². The first kappa shape index (κ1) is 11.7. The minimum atomic E-state index is -0.198. The molecule has 70 valence electrons. The van der Waals surface area contributed by atoms with Gasteiger partial charge in [-0.15, -0.1) is 0 Å². The number of carbonyl (C=O) groups excluding carboxylic acids is 1. The Kier molecular flexibility index (Phi) is 6.63. The Labute approximate surface area is 82.2 Å². The average Bonchev–Trinajstić information content (AvgIpc) is 2.22. The summed E-state index contributed by atoms with van der Waals surface area (Å²) in [5.41, 5.74) is 0.986. The molecule has 1 aromatic rings. The highest BCUT2D eigenvalue weighted by Gasteiger charge is 1.99. The summed E-state index contributed by atoms with van der Waals surface area (Å²) < 4.78 is 12.3. The van der Waals surface area contributed by atoms with Crippen molar-refractivity contribution in [3.8, 4) is 0 Å². The number of rotatable bonds is 2. The van der Waals surface area contributed by atoms with Crippen LogP contribution < -0.4 is 0 Å². The summed E-state index contributed by atoms with van der Waals surface area (Å²) in [7, 11) is 1.39. The van der Waals surface area contributed by atoms with E-state index in [4.69, 9.17) is 4.21 Å². The van der Waals surface area contributed by atoms with Crippen molar-refractivity contribution in [2.45, 2.75) is 6.42 Å². The monoisotopic (exact) mass is 198 g/mol. The van der Waals surface area contributed by atoms with Gasteiger partial charge < -0.3 is 4.74 Å². The summed E-state index contributed by atoms with van der Waals surface area (Å²) in [6, 6.07) is 9.52. The van der Waals surface area contributed by atoms with Crippen molar-refractivity contribution in [2.24, 2.45) is 0 Å². The Morgan fingerprint density at radius 3 is 2.31 bits per heavy atom. The third kappa shape index (κ3) is 5.03. The molecule has 0 aromatic heterocycles. The van der Waals surface area contributed by atoms with Crippen LogP contribution in [-0.4, -0.2) is 17.3 Å². The second kappa shape index (κ2) is 7.36. The van der Waals surface area contributed by atoms with Crippen LogP contribution >= 0.6 is 0 Å². The smallest absolute Gasteiger partial charge is 0.309 e. The largest absolute Gasteiger partial charge is 0.469 e. The molecule has 0 spiro atoms. The molecule has 0 bridgehead atoms. The SMILES string of the molecule is COC(=O)Cc1ccccc1.O=S. The van der Waals surface area contributed by atoms with Gasteiger partial charge in [0.05, 0.1) is 13.5 Å². The fraction of sp³-hybridized carbons (Fsp3) is 0.222. The zero-order valence-corrected chi connectivity index (χ0v) is 8.04. The summed E-state index contributed by atoms with van der Waals surface area (Å²) in [6.07, 6.45) is 0.358. The number of hydrogen-bond donors (Lipinski definition) is 0. The molecule has 0 saturated carbocycles. The van der Waals surface area contributed by atoms with Gasteiger partial charge in [-0.25, -0.2) is 0 Å². The van der Waals surface area contributed by atoms with Gasteiger partial charge in [0.2, 0.25) is 0 Å². The first-order valence-corrected chi connectivity index (χ1v) is 3.93. The number of esters is 1. The fourth-order valence-corrected chi connectivity index (χ4v) is 0.835. The van der Waals surface area contributed by atoms with Crippen LogP contribution in [0.4, 0.5) is 0 Å². The zero-order chi connectivity index (χ0) is 10.1. The molecule has 0 aliphatic heterocycles. The van der Waals surface area contributed by atoms with Gasteiger partial charge in [0, 0.05) is 0 Å². The molecule has 0 N–H and O–H groups in total. The summed E-state index contributed by atoms with van der Waals surface area (Å²) in [6.45, 7) is 0. The molecule has 0 unspecified atom stereocenters. The first-order valence-electron chi connectivity index (χ1n) is 3.60. The first-order chi connectivity index (χ1) is 6.33. The van der Waals surface area contributed by atoms with Gasteiger partial charge in [0.1, 0.15) is 0 Å². The van der Waals surface area contributed by atoms with Gasteiger partial charge in [0.25, 0.3) is 0 Å². The van der Waals surface area contributed by atoms with E-state index in [1.807, 2.05) is 30.3 Å². The molecule has 0 aliphatic rings. The molecule has 4 heteroatoms. The van der Waals surface area contributed by atoms with Crippen molar-refractivity contribution in [1.82, 2.24) is 0 Å². The van der Waals surface area contributed by atoms with Gasteiger partial charge >= 0.3 is 5.97 Å². The number of methoxy groups -OCH3 is 1. The van der Waals surface area contributed by atoms with Crippen LogP contribution in [0.25, 0.3) is 0 Å². The molecule has 0 amide bonds. The average molecular weight is 198 g/mol. The molecule has 1 rings (SSSR count). The van der Waals surface area contributed by atoms with Crippen molar-refractivity contribution in [3.05, 3.63) is 35.9 Å². The highest BCUT2D eigenvalue weighted by Crippen LogP contribution is 1.99. The molecule has 3 nitrogen and oxygen atoms in total. The molecule has 0 atom stereocenters. The standard InChI is InChI=1S/C9H10O2.OS/c1-11-9(10)7-8-5-3-2-4-6-8;1-2/h2-6H,7H2,1H3;. The van der Waals surface area contributed by atoms with E-state index in [-0.39, 0.29) is 5.97 Å². The fourth-order valence-electron chi connectivity index (χ4n) is 0.835. The van der Waals surface area contributed by atoms with E-state index in [9.17, 15) is 4.79 Å². The number of ether oxygens (including phenoxy) is 1. The lowest BCUT2D eigenvalue weighted by Gasteiger charge is -1.97. The van der Waals surface area contributed by atoms with Crippen molar-refractivity contribution in [2.75, 3.05) is 7.11 Å². The molecule has 0 fully saturated rings. The number of carbonyl (C=O) groups is 1. The van der Waals surface area contributed by atoms with Crippen LogP contribution in [0, 0.1) is 0 Å². The number of hydrogen-bond acceptors (Lipinski definition) is 4. The summed E-state index contributed by atoms with van der Waals surface area (Å²) in [5.74, 6) is -0.198. The Balaban J connectivity index is 0.000000671. The minimum absolute atomic E-state index is 0.198. The minimum Gasteiger partial charge on any atom is -0.469 e. The molecule has 1 aromatic carbocycles. The lowest BCUT2D eigenvalue weighted by atomic mass is 10.2. The van der Waals surface area contributed by atoms with Crippen LogP contribution in [0.2, 0.25) is 0 Å². The second-order valence-electron chi connectivity index (χ2n) is 2.24. The zero-order valence-electron chi connectivity index (χ0n) is 7.23. The van der Waals surface area contributed by atoms with Crippen LogP contribution in [0.3, 0.4) is 0 Å². The topological polar surface area (TPSA) is 43.4 Å². The predicted molar refractivity (Wildman–Crippen MR) is 50.3 cm³/mol. The predicted octanol–water partition coefficient (Wildman–Crippen LogP) is 1.07. The molecule has 0 saturated heterocycles. The quantitative estimate of drug-likeness (QED) is 0.667. The van der Waals surface area contributed by atoms with Gasteiger partial charge in [-0.05, 0) is 5.56 Å². The molecular weight excluding hydrogens is 188 g/mol. The van der Waals surface area contributed by atoms with E-state index in [0.717, 1.165) is 5.56 Å². The Morgan fingerprint density at radius 1 is 1.31 bits per heavy atom. The van der Waals surface area contributed by atoms with E-state index in [2.05, 4.69) is 17.3 Å². The van der Waals surface area contributed by atoms with E-state index in [0.29, 0.717) is 6.42 Å². The van der Waals surface area contributed by atoms with Crippen LogP contribution in [0.5, 0.6) is 0 Å². The molecule has 0 aliphatic carbocycles. The summed E-state index contributed by atoms with van der Waals surface area (Å²) in [5, 5.41) is 0. The van der Waals surface area contributed by atoms with Crippen LogP contribution in [0.15, 0.2) is 30.3 Å². The van der Waals surface area contributed by atoms with Crippen molar-refractivity contribution >= 4 is 18.5 Å². The maximum atomic E-state index is 10.8. The van der Waals surface area contributed by atoms with Crippen molar-refractivity contribution in [1.29, 1.82) is 0 Å². The lowest BCUT2D eigenvalue weighted by molar-refractivity contribution is -0.139. The highest BCUT2D eigenvalue weighted by molar-refractivity contribution is 7.44. The van der Waals surface area contributed by atoms with Crippen LogP contribution in [0.1, 0.15) is 5.56 Å². The van der Waals surface area contributed by atoms with Gasteiger partial charge in [-0.1, -0.05) is 30.3 Å². The summed E-state index contributed by atoms with van der Waals surface area (Å²) >= 11 is 2.83. The second-order valence-corrected chi connectivity index (χ2v) is 2.24. The van der Waals surface area contributed by atoms with Gasteiger partial charge in [-0.3, -0.25) is 4.79 Å². The van der Waals surface area contributed by atoms with Crippen LogP contribution in [-0.2, 0) is 28.5 Å². The molecule has 0 radical (unpaired) electrons. The van der Waals surface area contributed by atoms with Gasteiger partial charge in [0.15, 0.2) is 12.5 Å². The Bertz CT molecular complexity index is 248. The Hall–Kier alpha value is -1.29. The highest BCUT2D eigenvalue weighted by atomic mass is 32.1. The number of benzene rings is 1. The van der Waals surface area contributed by atoms with E-state index in [1.165, 1.54) is 7.11 Å². The third-order valence-electron chi connectivity index (χ3n) is 1.42. The van der Waals surface area contributed by atoms with E-state index < -0.39 is 0 Å².